The van der Waals surface area contributed by atoms with Gasteiger partial charge in [0.25, 0.3) is 0 Å². The molecule has 29 heteroatoms. The lowest BCUT2D eigenvalue weighted by Crippen LogP contribution is -2.56. The number of hydrogen-bond donors (Lipinski definition) is 4. The van der Waals surface area contributed by atoms with Crippen LogP contribution in [0.2, 0.25) is 0 Å². The first-order chi connectivity index (χ1) is 49.7. The number of hydrogen-bond acceptors (Lipinski definition) is 28. The Bertz CT molecular complexity index is 3900. The van der Waals surface area contributed by atoms with Gasteiger partial charge in [-0.15, -0.1) is 0 Å². The van der Waals surface area contributed by atoms with Crippen molar-refractivity contribution in [1.29, 1.82) is 0 Å². The van der Waals surface area contributed by atoms with E-state index < -0.39 is 113 Å². The van der Waals surface area contributed by atoms with Gasteiger partial charge in [-0.05, 0) is 163 Å². The van der Waals surface area contributed by atoms with E-state index in [2.05, 4.69) is 0 Å². The largest absolute Gasteiger partial charge is 0.504 e. The van der Waals surface area contributed by atoms with Gasteiger partial charge in [0.05, 0.1) is 47.9 Å². The van der Waals surface area contributed by atoms with E-state index in [1.807, 2.05) is 27.7 Å². The Morgan fingerprint density at radius 2 is 0.724 bits per heavy atom. The molecule has 6 aliphatic rings. The van der Waals surface area contributed by atoms with Crippen molar-refractivity contribution in [2.24, 2.45) is 0 Å². The van der Waals surface area contributed by atoms with Crippen LogP contribution in [0, 0.1) is 0 Å². The molecule has 0 amide bonds. The summed E-state index contributed by atoms with van der Waals surface area (Å²) in [6.45, 7) is 14.3. The number of carbonyl (C=O) groups excluding carboxylic acids is 7. The van der Waals surface area contributed by atoms with Crippen molar-refractivity contribution in [1.82, 2.24) is 0 Å². The summed E-state index contributed by atoms with van der Waals surface area (Å²) in [6.07, 6.45) is 5.84. The number of aromatic hydroxyl groups is 2. The molecule has 6 heterocycles. The fourth-order valence-corrected chi connectivity index (χ4v) is 11.7. The van der Waals surface area contributed by atoms with E-state index >= 15 is 0 Å². The number of carboxylic acid groups (broad SMARTS) is 1. The van der Waals surface area contributed by atoms with Crippen molar-refractivity contribution in [2.75, 3.05) is 41.7 Å². The fourth-order valence-electron chi connectivity index (χ4n) is 11.7. The summed E-state index contributed by atoms with van der Waals surface area (Å²) in [6, 6.07) is 18.6. The number of ether oxygens (including phenoxy) is 17. The van der Waals surface area contributed by atoms with E-state index in [1.165, 1.54) is 101 Å². The number of aliphatic hydroxyl groups excluding tert-OH is 1. The number of carbonyl (C=O) groups is 8. The predicted octanol–water partition coefficient (Wildman–Crippen LogP) is 8.88. The molecule has 10 rings (SSSR count). The second-order valence-corrected chi connectivity index (χ2v) is 26.6. The van der Waals surface area contributed by atoms with E-state index in [0.717, 1.165) is 0 Å². The van der Waals surface area contributed by atoms with Crippen LogP contribution in [-0.2, 0) is 90.5 Å². The van der Waals surface area contributed by atoms with Gasteiger partial charge in [0.2, 0.25) is 0 Å². The monoisotopic (exact) mass is 1470 g/mol. The highest BCUT2D eigenvalue weighted by molar-refractivity contribution is 6.11. The van der Waals surface area contributed by atoms with Gasteiger partial charge in [-0.2, -0.15) is 0 Å². The maximum Gasteiger partial charge on any atom is 0.311 e. The van der Waals surface area contributed by atoms with Crippen LogP contribution in [-0.4, -0.2) is 194 Å². The molecule has 4 aromatic carbocycles. The zero-order chi connectivity index (χ0) is 76.6. The number of phenolic OH excluding ortho intramolecular Hbond substituents is 2. The van der Waals surface area contributed by atoms with Gasteiger partial charge in [-0.25, -0.2) is 0 Å². The van der Waals surface area contributed by atoms with Crippen LogP contribution in [0.5, 0.6) is 46.0 Å². The fraction of sp³-hybridized carbons (Fsp3) is 0.474. The van der Waals surface area contributed by atoms with Gasteiger partial charge in [0, 0.05) is 25.7 Å². The number of phenols is 2. The molecule has 105 heavy (non-hydrogen) atoms. The SMILES string of the molecule is CC1(C)O[C@H]2[C@@H](O1)[C@@H](CO)O[C@@H]1OC(C)(C)O[C@@H]12.COc1cc(/C=C/C(=O)CC(=O)/C=C/c2ccc(OC(=O)CCCC(=O)O)c(OC)c2)ccc1O.COc1cc(/C=C/C(=O)CC(=O)/C=C/c2ccc(OC(=O)CCCC(=O)OC[C@H]3O[C@@H]4OC(C)(C)O[C@@H]4[C@H]4OC(C)(C)O[C@H]43)c(OC)c2)ccc1O. The Morgan fingerprint density at radius 3 is 1.10 bits per heavy atom. The van der Waals surface area contributed by atoms with Gasteiger partial charge in [-0.1, -0.05) is 48.6 Å². The number of fused-ring (bicyclic) bond motifs is 6. The predicted molar refractivity (Wildman–Crippen MR) is 370 cm³/mol. The molecular weight excluding hydrogens is 1380 g/mol. The van der Waals surface area contributed by atoms with Crippen molar-refractivity contribution in [3.63, 3.8) is 0 Å². The van der Waals surface area contributed by atoms with E-state index in [9.17, 15) is 53.7 Å². The number of aliphatic hydroxyl groups is 1. The molecule has 29 nitrogen and oxygen atoms in total. The average Bonchev–Trinajstić information content (AvgIpc) is 1.60. The molecule has 0 spiro atoms. The summed E-state index contributed by atoms with van der Waals surface area (Å²) >= 11 is 0. The molecule has 6 saturated heterocycles. The molecule has 0 saturated carbocycles. The number of esters is 3. The molecule has 6 aliphatic heterocycles. The minimum atomic E-state index is -0.989. The summed E-state index contributed by atoms with van der Waals surface area (Å²) in [7, 11) is 5.64. The van der Waals surface area contributed by atoms with Gasteiger partial charge in [-0.3, -0.25) is 38.4 Å². The summed E-state index contributed by atoms with van der Waals surface area (Å²) in [5.74, 6) is -6.10. The number of carboxylic acids is 1. The number of methoxy groups -OCH3 is 4. The summed E-state index contributed by atoms with van der Waals surface area (Å²) in [5.41, 5.74) is 2.41. The lowest BCUT2D eigenvalue weighted by Gasteiger charge is -2.36. The van der Waals surface area contributed by atoms with Crippen molar-refractivity contribution >= 4 is 71.3 Å². The third-order valence-corrected chi connectivity index (χ3v) is 16.4. The van der Waals surface area contributed by atoms with Gasteiger partial charge < -0.3 is 101 Å². The van der Waals surface area contributed by atoms with Crippen molar-refractivity contribution in [3.05, 3.63) is 119 Å². The average molecular weight is 1470 g/mol. The first kappa shape index (κ1) is 81.4. The molecule has 0 radical (unpaired) electrons. The van der Waals surface area contributed by atoms with Crippen LogP contribution in [0.25, 0.3) is 24.3 Å². The second-order valence-electron chi connectivity index (χ2n) is 26.6. The third-order valence-electron chi connectivity index (χ3n) is 16.4. The minimum absolute atomic E-state index is 0.0187. The van der Waals surface area contributed by atoms with E-state index in [0.29, 0.717) is 22.3 Å². The van der Waals surface area contributed by atoms with Crippen molar-refractivity contribution in [3.8, 4) is 46.0 Å². The lowest BCUT2D eigenvalue weighted by atomic mass is 9.99. The Labute approximate surface area is 606 Å². The number of rotatable bonds is 29. The highest BCUT2D eigenvalue weighted by atomic mass is 16.9. The molecular formula is C76H90O29. The highest BCUT2D eigenvalue weighted by Crippen LogP contribution is 2.46. The highest BCUT2D eigenvalue weighted by Gasteiger charge is 2.62. The van der Waals surface area contributed by atoms with Crippen LogP contribution in [0.1, 0.15) is 129 Å². The molecule has 4 aromatic rings. The molecule has 10 atom stereocenters. The molecule has 0 unspecified atom stereocenters. The first-order valence-corrected chi connectivity index (χ1v) is 33.7. The van der Waals surface area contributed by atoms with Crippen LogP contribution < -0.4 is 28.4 Å². The second kappa shape index (κ2) is 36.2. The number of allylic oxidation sites excluding steroid dienone is 4. The molecule has 568 valence electrons. The quantitative estimate of drug-likeness (QED) is 0.0170. The van der Waals surface area contributed by atoms with Gasteiger partial charge in [0.1, 0.15) is 55.4 Å². The number of benzene rings is 4. The standard InChI is InChI=1S/C38H44O14.C26H26O9.C12H20O6/c1-37(2)49-33-30(48-36-35(34(33)50-37)51-38(3,4)52-36)21-46-31(42)8-7-9-32(43)47-27-17-13-23(19-29(27)45-6)11-15-25(40)20-24(39)14-10-22-12-16-26(41)28(18-22)44-5;1-33-23-14-17(8-12-21(23)29)6-10-19(27)16-20(28)11-7-18-9-13-22(24(15-18)34-2)35-26(32)5-3-4-25(30)31;1-11(2)15-7-6(5-13)14-10-9(8(7)16-11)17-12(3,4)18-10/h10-19,30,33-36,41H,7-9,20-21H2,1-6H3;6-15,29H,3-5,16H2,1-2H3,(H,30,31);6-10,13H,5H2,1-4H3/b14-10+,15-11+;10-6+,11-7+;/t30-,33+,34+,35-,36-;;6-,7+,8+,9-,10-/m1.1/s1. The maximum atomic E-state index is 12.6. The molecule has 4 N–H and O–H groups in total. The van der Waals surface area contributed by atoms with Crippen LogP contribution in [0.4, 0.5) is 0 Å². The zero-order valence-corrected chi connectivity index (χ0v) is 60.4. The summed E-state index contributed by atoms with van der Waals surface area (Å²) < 4.78 is 95.7. The van der Waals surface area contributed by atoms with Gasteiger partial charge >= 0.3 is 23.9 Å². The smallest absolute Gasteiger partial charge is 0.311 e. The Hall–Kier alpha value is -9.24. The van der Waals surface area contributed by atoms with Crippen LogP contribution in [0.15, 0.2) is 97.1 Å². The van der Waals surface area contributed by atoms with Crippen LogP contribution in [0.3, 0.4) is 0 Å². The maximum absolute atomic E-state index is 12.6. The number of aliphatic carboxylic acids is 1. The Balaban J connectivity index is 0.000000224. The third kappa shape index (κ3) is 23.6. The van der Waals surface area contributed by atoms with E-state index in [4.69, 9.17) is 85.6 Å². The topological polar surface area (TPSA) is 374 Å². The lowest BCUT2D eigenvalue weighted by molar-refractivity contribution is -0.242. The molecule has 6 fully saturated rings. The first-order valence-electron chi connectivity index (χ1n) is 33.7. The van der Waals surface area contributed by atoms with E-state index in [1.54, 1.807) is 76.2 Å². The zero-order valence-electron chi connectivity index (χ0n) is 60.4. The molecule has 0 aromatic heterocycles. The Morgan fingerprint density at radius 1 is 0.400 bits per heavy atom. The number of ketones is 4. The molecule has 0 bridgehead atoms. The minimum Gasteiger partial charge on any atom is -0.504 e. The van der Waals surface area contributed by atoms with E-state index in [-0.39, 0.29) is 129 Å². The van der Waals surface area contributed by atoms with Gasteiger partial charge in [0.15, 0.2) is 105 Å². The van der Waals surface area contributed by atoms with Crippen molar-refractivity contribution < 1.29 is 139 Å². The summed E-state index contributed by atoms with van der Waals surface area (Å²) in [4.78, 5) is 96.5. The normalized spacial score (nSPS) is 24.0. The molecule has 0 aliphatic carbocycles. The Kier molecular flexibility index (Phi) is 28.1. The van der Waals surface area contributed by atoms with Crippen LogP contribution >= 0.6 is 0 Å². The van der Waals surface area contributed by atoms with Crippen molar-refractivity contribution in [2.45, 2.75) is 191 Å². The summed E-state index contributed by atoms with van der Waals surface area (Å²) in [5, 5.41) is 37.3.